The minimum absolute atomic E-state index is 0.190. The van der Waals surface area contributed by atoms with Crippen LogP contribution in [-0.4, -0.2) is 22.8 Å². The molecule has 0 unspecified atom stereocenters. The van der Waals surface area contributed by atoms with Crippen molar-refractivity contribution in [1.82, 2.24) is 10.2 Å². The van der Waals surface area contributed by atoms with E-state index in [0.29, 0.717) is 17.6 Å². The molecule has 0 N–H and O–H groups in total. The zero-order valence-corrected chi connectivity index (χ0v) is 16.5. The van der Waals surface area contributed by atoms with E-state index in [0.717, 1.165) is 11.1 Å². The van der Waals surface area contributed by atoms with E-state index in [1.54, 1.807) is 6.92 Å². The number of rotatable bonds is 7. The van der Waals surface area contributed by atoms with Gasteiger partial charge in [-0.25, -0.2) is 4.79 Å². The smallest absolute Gasteiger partial charge is 0.344 e. The number of hydrogen-bond donors (Lipinski definition) is 0. The highest BCUT2D eigenvalue weighted by molar-refractivity contribution is 5.71. The van der Waals surface area contributed by atoms with Crippen molar-refractivity contribution < 1.29 is 18.7 Å². The average molecular weight is 380 g/mol. The first-order chi connectivity index (χ1) is 13.4. The SMILES string of the molecule is Cc1cc(OCC(=O)O[C@H](C)c2nnc(-c3ccccc3)o2)ccc1C(C)C. The van der Waals surface area contributed by atoms with Crippen LogP contribution in [0.5, 0.6) is 5.75 Å². The summed E-state index contributed by atoms with van der Waals surface area (Å²) in [4.78, 5) is 12.1. The Morgan fingerprint density at radius 1 is 1.07 bits per heavy atom. The summed E-state index contributed by atoms with van der Waals surface area (Å²) < 4.78 is 16.5. The third-order valence-electron chi connectivity index (χ3n) is 4.34. The van der Waals surface area contributed by atoms with Crippen LogP contribution in [0.25, 0.3) is 11.5 Å². The Labute approximate surface area is 164 Å². The van der Waals surface area contributed by atoms with Gasteiger partial charge in [-0.15, -0.1) is 10.2 Å². The van der Waals surface area contributed by atoms with Crippen molar-refractivity contribution >= 4 is 5.97 Å². The van der Waals surface area contributed by atoms with E-state index < -0.39 is 12.1 Å². The number of benzene rings is 2. The quantitative estimate of drug-likeness (QED) is 0.545. The topological polar surface area (TPSA) is 74.5 Å². The van der Waals surface area contributed by atoms with Crippen LogP contribution in [0.3, 0.4) is 0 Å². The number of carbonyl (C=O) groups is 1. The van der Waals surface area contributed by atoms with Gasteiger partial charge in [0, 0.05) is 5.56 Å². The van der Waals surface area contributed by atoms with Gasteiger partial charge in [0.1, 0.15) is 5.75 Å². The zero-order chi connectivity index (χ0) is 20.1. The fraction of sp³-hybridized carbons (Fsp3) is 0.318. The van der Waals surface area contributed by atoms with Gasteiger partial charge in [0.05, 0.1) is 0 Å². The Morgan fingerprint density at radius 2 is 1.82 bits per heavy atom. The minimum atomic E-state index is -0.661. The fourth-order valence-electron chi connectivity index (χ4n) is 2.91. The second-order valence-corrected chi connectivity index (χ2v) is 6.91. The number of esters is 1. The number of nitrogens with zero attached hydrogens (tertiary/aromatic N) is 2. The van der Waals surface area contributed by atoms with Crippen LogP contribution < -0.4 is 4.74 Å². The minimum Gasteiger partial charge on any atom is -0.482 e. The molecule has 0 amide bonds. The van der Waals surface area contributed by atoms with Crippen LogP contribution in [0.2, 0.25) is 0 Å². The molecular formula is C22H24N2O4. The third-order valence-corrected chi connectivity index (χ3v) is 4.34. The van der Waals surface area contributed by atoms with E-state index in [9.17, 15) is 4.79 Å². The van der Waals surface area contributed by atoms with E-state index in [-0.39, 0.29) is 12.5 Å². The molecule has 146 valence electrons. The van der Waals surface area contributed by atoms with Crippen molar-refractivity contribution in [2.24, 2.45) is 0 Å². The molecule has 0 aliphatic heterocycles. The molecule has 6 heteroatoms. The van der Waals surface area contributed by atoms with E-state index in [4.69, 9.17) is 13.9 Å². The fourth-order valence-corrected chi connectivity index (χ4v) is 2.91. The van der Waals surface area contributed by atoms with Crippen molar-refractivity contribution in [3.8, 4) is 17.2 Å². The van der Waals surface area contributed by atoms with Crippen molar-refractivity contribution in [2.45, 2.75) is 39.7 Å². The summed E-state index contributed by atoms with van der Waals surface area (Å²) in [6.07, 6.45) is -0.661. The molecule has 0 aliphatic rings. The third kappa shape index (κ3) is 4.76. The lowest BCUT2D eigenvalue weighted by molar-refractivity contribution is -0.152. The predicted octanol–water partition coefficient (Wildman–Crippen LogP) is 4.85. The van der Waals surface area contributed by atoms with Crippen molar-refractivity contribution in [3.05, 3.63) is 65.5 Å². The van der Waals surface area contributed by atoms with Gasteiger partial charge in [0.2, 0.25) is 5.89 Å². The normalized spacial score (nSPS) is 12.0. The Balaban J connectivity index is 1.55. The Bertz CT molecular complexity index is 935. The number of hydrogen-bond acceptors (Lipinski definition) is 6. The summed E-state index contributed by atoms with van der Waals surface area (Å²) in [7, 11) is 0. The van der Waals surface area contributed by atoms with E-state index in [1.165, 1.54) is 5.56 Å². The first-order valence-electron chi connectivity index (χ1n) is 9.25. The molecule has 6 nitrogen and oxygen atoms in total. The molecule has 0 spiro atoms. The highest BCUT2D eigenvalue weighted by Crippen LogP contribution is 2.24. The molecule has 28 heavy (non-hydrogen) atoms. The van der Waals surface area contributed by atoms with Gasteiger partial charge >= 0.3 is 5.97 Å². The van der Waals surface area contributed by atoms with Crippen LogP contribution in [0, 0.1) is 6.92 Å². The molecule has 1 heterocycles. The summed E-state index contributed by atoms with van der Waals surface area (Å²) in [5.41, 5.74) is 3.20. The maximum Gasteiger partial charge on any atom is 0.344 e. The van der Waals surface area contributed by atoms with Crippen LogP contribution in [0.4, 0.5) is 0 Å². The molecule has 0 aliphatic carbocycles. The summed E-state index contributed by atoms with van der Waals surface area (Å²) in [6, 6.07) is 15.2. The van der Waals surface area contributed by atoms with Crippen molar-refractivity contribution in [3.63, 3.8) is 0 Å². The average Bonchev–Trinajstić information content (AvgIpc) is 3.17. The maximum atomic E-state index is 12.1. The van der Waals surface area contributed by atoms with Crippen molar-refractivity contribution in [2.75, 3.05) is 6.61 Å². The maximum absolute atomic E-state index is 12.1. The molecule has 0 saturated heterocycles. The number of aryl methyl sites for hydroxylation is 1. The lowest BCUT2D eigenvalue weighted by atomic mass is 9.98. The molecule has 3 rings (SSSR count). The monoisotopic (exact) mass is 380 g/mol. The molecule has 2 aromatic carbocycles. The highest BCUT2D eigenvalue weighted by Gasteiger charge is 2.19. The Morgan fingerprint density at radius 3 is 2.50 bits per heavy atom. The van der Waals surface area contributed by atoms with Crippen molar-refractivity contribution in [1.29, 1.82) is 0 Å². The summed E-state index contributed by atoms with van der Waals surface area (Å²) >= 11 is 0. The van der Waals surface area contributed by atoms with E-state index >= 15 is 0 Å². The molecule has 0 saturated carbocycles. The lowest BCUT2D eigenvalue weighted by Gasteiger charge is -2.13. The van der Waals surface area contributed by atoms with Gasteiger partial charge in [-0.2, -0.15) is 0 Å². The first-order valence-corrected chi connectivity index (χ1v) is 9.25. The molecule has 0 bridgehead atoms. The number of carbonyl (C=O) groups excluding carboxylic acids is 1. The molecular weight excluding hydrogens is 356 g/mol. The number of aromatic nitrogens is 2. The molecule has 0 radical (unpaired) electrons. The van der Waals surface area contributed by atoms with Crippen LogP contribution in [-0.2, 0) is 9.53 Å². The predicted molar refractivity (Wildman–Crippen MR) is 105 cm³/mol. The first kappa shape index (κ1) is 19.6. The summed E-state index contributed by atoms with van der Waals surface area (Å²) in [5.74, 6) is 1.20. The summed E-state index contributed by atoms with van der Waals surface area (Å²) in [6.45, 7) is 7.81. The standard InChI is InChI=1S/C22H24N2O4/c1-14(2)19-11-10-18(12-15(19)3)26-13-20(25)27-16(4)21-23-24-22(28-21)17-8-6-5-7-9-17/h5-12,14,16H,13H2,1-4H3/t16-/m1/s1. The zero-order valence-electron chi connectivity index (χ0n) is 16.5. The van der Waals surface area contributed by atoms with Crippen LogP contribution in [0.1, 0.15) is 49.8 Å². The van der Waals surface area contributed by atoms with Gasteiger partial charge in [0.25, 0.3) is 5.89 Å². The molecule has 3 aromatic rings. The highest BCUT2D eigenvalue weighted by atomic mass is 16.6. The van der Waals surface area contributed by atoms with Crippen LogP contribution >= 0.6 is 0 Å². The van der Waals surface area contributed by atoms with Gasteiger partial charge in [0.15, 0.2) is 12.7 Å². The van der Waals surface area contributed by atoms with E-state index in [1.807, 2.05) is 55.5 Å². The van der Waals surface area contributed by atoms with Gasteiger partial charge in [-0.3, -0.25) is 0 Å². The van der Waals surface area contributed by atoms with Gasteiger partial charge < -0.3 is 13.9 Å². The lowest BCUT2D eigenvalue weighted by Crippen LogP contribution is -2.17. The summed E-state index contributed by atoms with van der Waals surface area (Å²) in [5, 5.41) is 7.97. The van der Waals surface area contributed by atoms with Gasteiger partial charge in [-0.1, -0.05) is 38.1 Å². The van der Waals surface area contributed by atoms with Crippen LogP contribution in [0.15, 0.2) is 52.9 Å². The molecule has 1 aromatic heterocycles. The second kappa shape index (κ2) is 8.69. The molecule has 1 atom stereocenters. The second-order valence-electron chi connectivity index (χ2n) is 6.91. The largest absolute Gasteiger partial charge is 0.482 e. The molecule has 0 fully saturated rings. The Kier molecular flexibility index (Phi) is 6.09. The Hall–Kier alpha value is -3.15. The van der Waals surface area contributed by atoms with E-state index in [2.05, 4.69) is 24.0 Å². The van der Waals surface area contributed by atoms with Gasteiger partial charge in [-0.05, 0) is 55.2 Å². The number of ether oxygens (including phenoxy) is 2.